The summed E-state index contributed by atoms with van der Waals surface area (Å²) in [5.74, 6) is 0.147. The van der Waals surface area contributed by atoms with E-state index in [0.29, 0.717) is 13.1 Å². The minimum absolute atomic E-state index is 0.147. The SMILES string of the molecule is CN1CC(=Cc2ccc3ccccc3c2)C(=O)C(=Cc2cccc3ccccc23)C1. The average Bonchev–Trinajstić information content (AvgIpc) is 2.77. The molecule has 4 aromatic carbocycles. The molecule has 1 aliphatic heterocycles. The zero-order valence-corrected chi connectivity index (χ0v) is 17.0. The van der Waals surface area contributed by atoms with Crippen molar-refractivity contribution in [2.24, 2.45) is 0 Å². The molecule has 0 bridgehead atoms. The van der Waals surface area contributed by atoms with Crippen molar-refractivity contribution >= 4 is 39.5 Å². The third-order valence-corrected chi connectivity index (χ3v) is 5.73. The first-order valence-corrected chi connectivity index (χ1v) is 10.3. The summed E-state index contributed by atoms with van der Waals surface area (Å²) in [4.78, 5) is 15.5. The molecule has 0 atom stereocenters. The van der Waals surface area contributed by atoms with Crippen molar-refractivity contribution in [3.8, 4) is 0 Å². The smallest absolute Gasteiger partial charge is 0.187 e. The number of Topliss-reactive ketones (excluding diaryl/α,β-unsaturated/α-hetero) is 1. The number of hydrogen-bond acceptors (Lipinski definition) is 2. The molecule has 1 aliphatic rings. The van der Waals surface area contributed by atoms with Gasteiger partial charge in [-0.15, -0.1) is 0 Å². The molecule has 4 aromatic rings. The van der Waals surface area contributed by atoms with E-state index >= 15 is 0 Å². The second-order valence-electron chi connectivity index (χ2n) is 8.02. The minimum Gasteiger partial charge on any atom is -0.298 e. The summed E-state index contributed by atoms with van der Waals surface area (Å²) in [5, 5.41) is 4.77. The van der Waals surface area contributed by atoms with Crippen molar-refractivity contribution in [3.63, 3.8) is 0 Å². The number of carbonyl (C=O) groups is 1. The van der Waals surface area contributed by atoms with Crippen molar-refractivity contribution in [3.05, 3.63) is 107 Å². The van der Waals surface area contributed by atoms with E-state index in [2.05, 4.69) is 78.7 Å². The van der Waals surface area contributed by atoms with Crippen molar-refractivity contribution in [1.82, 2.24) is 4.90 Å². The lowest BCUT2D eigenvalue weighted by molar-refractivity contribution is -0.113. The van der Waals surface area contributed by atoms with Gasteiger partial charge in [-0.25, -0.2) is 0 Å². The van der Waals surface area contributed by atoms with Gasteiger partial charge in [0.1, 0.15) is 0 Å². The Labute approximate surface area is 176 Å². The molecule has 0 aromatic heterocycles. The second-order valence-corrected chi connectivity index (χ2v) is 8.02. The van der Waals surface area contributed by atoms with E-state index in [0.717, 1.165) is 22.3 Å². The van der Waals surface area contributed by atoms with Gasteiger partial charge in [0.25, 0.3) is 0 Å². The summed E-state index contributed by atoms with van der Waals surface area (Å²) in [6, 6.07) is 29.2. The number of hydrogen-bond donors (Lipinski definition) is 0. The zero-order valence-electron chi connectivity index (χ0n) is 17.0. The predicted octanol–water partition coefficient (Wildman–Crippen LogP) is 5.97. The summed E-state index contributed by atoms with van der Waals surface area (Å²) >= 11 is 0. The third kappa shape index (κ3) is 3.58. The highest BCUT2D eigenvalue weighted by Gasteiger charge is 2.24. The van der Waals surface area contributed by atoms with Crippen LogP contribution in [0.2, 0.25) is 0 Å². The Morgan fingerprint density at radius 2 is 1.37 bits per heavy atom. The number of nitrogens with zero attached hydrogens (tertiary/aromatic N) is 1. The molecule has 0 saturated carbocycles. The molecule has 1 saturated heterocycles. The Morgan fingerprint density at radius 3 is 2.20 bits per heavy atom. The summed E-state index contributed by atoms with van der Waals surface area (Å²) in [6.45, 7) is 1.33. The summed E-state index contributed by atoms with van der Waals surface area (Å²) in [7, 11) is 2.07. The van der Waals surface area contributed by atoms with Gasteiger partial charge in [0.05, 0.1) is 0 Å². The summed E-state index contributed by atoms with van der Waals surface area (Å²) in [6.07, 6.45) is 4.11. The number of rotatable bonds is 2. The second kappa shape index (κ2) is 7.74. The highest BCUT2D eigenvalue weighted by Crippen LogP contribution is 2.26. The van der Waals surface area contributed by atoms with Crippen molar-refractivity contribution < 1.29 is 4.79 Å². The van der Waals surface area contributed by atoms with Crippen LogP contribution in [0.4, 0.5) is 0 Å². The molecule has 0 aliphatic carbocycles. The first-order chi connectivity index (χ1) is 14.7. The number of fused-ring (bicyclic) bond motifs is 2. The van der Waals surface area contributed by atoms with E-state index in [9.17, 15) is 4.79 Å². The van der Waals surface area contributed by atoms with Crippen molar-refractivity contribution in [2.75, 3.05) is 20.1 Å². The fourth-order valence-electron chi connectivity index (χ4n) is 4.27. The molecule has 146 valence electrons. The number of likely N-dealkylation sites (N-methyl/N-ethyl adjacent to an activating group) is 1. The van der Waals surface area contributed by atoms with Gasteiger partial charge in [0, 0.05) is 24.2 Å². The van der Waals surface area contributed by atoms with Crippen molar-refractivity contribution in [2.45, 2.75) is 0 Å². The number of likely N-dealkylation sites (tertiary alicyclic amines) is 1. The van der Waals surface area contributed by atoms with Gasteiger partial charge in [-0.3, -0.25) is 9.69 Å². The van der Waals surface area contributed by atoms with Crippen LogP contribution in [0.3, 0.4) is 0 Å². The first kappa shape index (κ1) is 18.5. The monoisotopic (exact) mass is 389 g/mol. The molecule has 1 fully saturated rings. The number of ketones is 1. The molecule has 2 nitrogen and oxygen atoms in total. The van der Waals surface area contributed by atoms with E-state index in [1.54, 1.807) is 0 Å². The molecule has 30 heavy (non-hydrogen) atoms. The van der Waals surface area contributed by atoms with Gasteiger partial charge in [0.2, 0.25) is 0 Å². The molecular weight excluding hydrogens is 366 g/mol. The third-order valence-electron chi connectivity index (χ3n) is 5.73. The predicted molar refractivity (Wildman–Crippen MR) is 126 cm³/mol. The molecule has 0 unspecified atom stereocenters. The topological polar surface area (TPSA) is 20.3 Å². The lowest BCUT2D eigenvalue weighted by Gasteiger charge is -2.26. The molecule has 0 radical (unpaired) electrons. The standard InChI is InChI=1S/C28H23NO/c1-29-18-25(16-20-13-14-21-7-2-3-9-23(21)15-20)28(30)26(19-29)17-24-11-6-10-22-8-4-5-12-27(22)24/h2-17H,18-19H2,1H3. The maximum Gasteiger partial charge on any atom is 0.187 e. The van der Waals surface area contributed by atoms with Gasteiger partial charge in [0.15, 0.2) is 5.78 Å². The highest BCUT2D eigenvalue weighted by molar-refractivity contribution is 6.15. The van der Waals surface area contributed by atoms with Gasteiger partial charge >= 0.3 is 0 Å². The van der Waals surface area contributed by atoms with Gasteiger partial charge in [-0.05, 0) is 57.9 Å². The molecule has 1 heterocycles. The number of piperidine rings is 1. The van der Waals surface area contributed by atoms with Crippen LogP contribution in [0.5, 0.6) is 0 Å². The Kier molecular flexibility index (Phi) is 4.78. The maximum atomic E-state index is 13.3. The van der Waals surface area contributed by atoms with Crippen molar-refractivity contribution in [1.29, 1.82) is 0 Å². The normalized spacial score (nSPS) is 18.0. The van der Waals surface area contributed by atoms with Crippen LogP contribution in [0.25, 0.3) is 33.7 Å². The lowest BCUT2D eigenvalue weighted by Crippen LogP contribution is -2.34. The van der Waals surface area contributed by atoms with Crippen LogP contribution < -0.4 is 0 Å². The van der Waals surface area contributed by atoms with Gasteiger partial charge < -0.3 is 0 Å². The van der Waals surface area contributed by atoms with Crippen LogP contribution in [0, 0.1) is 0 Å². The average molecular weight is 389 g/mol. The molecule has 2 heteroatoms. The Hall–Kier alpha value is -3.49. The first-order valence-electron chi connectivity index (χ1n) is 10.3. The minimum atomic E-state index is 0.147. The van der Waals surface area contributed by atoms with E-state index in [1.807, 2.05) is 30.3 Å². The van der Waals surface area contributed by atoms with Crippen LogP contribution in [-0.2, 0) is 4.79 Å². The highest BCUT2D eigenvalue weighted by atomic mass is 16.1. The summed E-state index contributed by atoms with van der Waals surface area (Å²) < 4.78 is 0. The molecular formula is C28H23NO. The molecule has 0 spiro atoms. The number of benzene rings is 4. The Bertz CT molecular complexity index is 1320. The van der Waals surface area contributed by atoms with Crippen LogP contribution in [-0.4, -0.2) is 30.8 Å². The number of carbonyl (C=O) groups excluding carboxylic acids is 1. The fraction of sp³-hybridized carbons (Fsp3) is 0.107. The van der Waals surface area contributed by atoms with Crippen LogP contribution >= 0.6 is 0 Å². The molecule has 5 rings (SSSR count). The van der Waals surface area contributed by atoms with Crippen LogP contribution in [0.1, 0.15) is 11.1 Å². The fourth-order valence-corrected chi connectivity index (χ4v) is 4.27. The van der Waals surface area contributed by atoms with Gasteiger partial charge in [-0.1, -0.05) is 78.9 Å². The largest absolute Gasteiger partial charge is 0.298 e. The van der Waals surface area contributed by atoms with E-state index < -0.39 is 0 Å². The van der Waals surface area contributed by atoms with E-state index in [4.69, 9.17) is 0 Å². The zero-order chi connectivity index (χ0) is 20.5. The molecule has 0 amide bonds. The van der Waals surface area contributed by atoms with Gasteiger partial charge in [-0.2, -0.15) is 0 Å². The lowest BCUT2D eigenvalue weighted by atomic mass is 9.93. The Morgan fingerprint density at radius 1 is 0.700 bits per heavy atom. The quantitative estimate of drug-likeness (QED) is 0.393. The molecule has 0 N–H and O–H groups in total. The Balaban J connectivity index is 1.54. The maximum absolute atomic E-state index is 13.3. The summed E-state index contributed by atoms with van der Waals surface area (Å²) in [5.41, 5.74) is 3.84. The van der Waals surface area contributed by atoms with Crippen LogP contribution in [0.15, 0.2) is 96.1 Å². The van der Waals surface area contributed by atoms with E-state index in [-0.39, 0.29) is 5.78 Å². The van der Waals surface area contributed by atoms with E-state index in [1.165, 1.54) is 21.5 Å².